The van der Waals surface area contributed by atoms with Crippen LogP contribution in [-0.4, -0.2) is 41.0 Å². The van der Waals surface area contributed by atoms with Gasteiger partial charge < -0.3 is 20.5 Å². The standard InChI is InChI=1S/C14H22N4O3.ClH/c1-10-8-11(17-21-10)16-12(19)9-18(2)13(20)14(15)6-4-3-5-7-14;/h8H,3-7,9,15H2,1-2H3,(H,16,17,19);1H. The van der Waals surface area contributed by atoms with E-state index in [-0.39, 0.29) is 30.8 Å². The molecule has 0 spiro atoms. The molecule has 0 saturated heterocycles. The van der Waals surface area contributed by atoms with Crippen LogP contribution in [0.15, 0.2) is 10.6 Å². The Labute approximate surface area is 136 Å². The molecule has 0 aromatic carbocycles. The lowest BCUT2D eigenvalue weighted by atomic mass is 9.81. The monoisotopic (exact) mass is 330 g/mol. The lowest BCUT2D eigenvalue weighted by Gasteiger charge is -2.35. The minimum Gasteiger partial charge on any atom is -0.360 e. The number of aromatic nitrogens is 1. The van der Waals surface area contributed by atoms with Gasteiger partial charge in [0, 0.05) is 13.1 Å². The van der Waals surface area contributed by atoms with Crippen LogP contribution in [0.4, 0.5) is 5.82 Å². The van der Waals surface area contributed by atoms with Crippen LogP contribution in [0.25, 0.3) is 0 Å². The number of hydrogen-bond acceptors (Lipinski definition) is 5. The SMILES string of the molecule is Cc1cc(NC(=O)CN(C)C(=O)C2(N)CCCCC2)no1.Cl. The first-order chi connectivity index (χ1) is 9.90. The van der Waals surface area contributed by atoms with Crippen LogP contribution >= 0.6 is 12.4 Å². The van der Waals surface area contributed by atoms with Crippen molar-refractivity contribution >= 4 is 30.0 Å². The Bertz CT molecular complexity index is 526. The largest absolute Gasteiger partial charge is 0.360 e. The van der Waals surface area contributed by atoms with Gasteiger partial charge in [-0.05, 0) is 19.8 Å². The molecule has 0 atom stereocenters. The molecule has 1 heterocycles. The van der Waals surface area contributed by atoms with Gasteiger partial charge in [-0.25, -0.2) is 0 Å². The number of nitrogens with zero attached hydrogens (tertiary/aromatic N) is 2. The molecule has 124 valence electrons. The molecule has 1 aliphatic carbocycles. The molecule has 3 N–H and O–H groups in total. The van der Waals surface area contributed by atoms with E-state index in [9.17, 15) is 9.59 Å². The van der Waals surface area contributed by atoms with Crippen molar-refractivity contribution in [2.45, 2.75) is 44.6 Å². The molecule has 0 aliphatic heterocycles. The van der Waals surface area contributed by atoms with Crippen molar-refractivity contribution in [3.63, 3.8) is 0 Å². The molecule has 22 heavy (non-hydrogen) atoms. The highest BCUT2D eigenvalue weighted by atomic mass is 35.5. The number of carbonyl (C=O) groups excluding carboxylic acids is 2. The van der Waals surface area contributed by atoms with Crippen LogP contribution in [-0.2, 0) is 9.59 Å². The van der Waals surface area contributed by atoms with Crippen molar-refractivity contribution in [1.29, 1.82) is 0 Å². The Morgan fingerprint density at radius 1 is 1.41 bits per heavy atom. The van der Waals surface area contributed by atoms with Crippen LogP contribution in [0.1, 0.15) is 37.9 Å². The number of hydrogen-bond donors (Lipinski definition) is 2. The minimum absolute atomic E-state index is 0. The van der Waals surface area contributed by atoms with Gasteiger partial charge in [-0.2, -0.15) is 0 Å². The molecule has 1 aromatic heterocycles. The van der Waals surface area contributed by atoms with Crippen molar-refractivity contribution in [3.8, 4) is 0 Å². The molecule has 2 rings (SSSR count). The second-order valence-electron chi connectivity index (χ2n) is 5.75. The van der Waals surface area contributed by atoms with Crippen molar-refractivity contribution in [3.05, 3.63) is 11.8 Å². The lowest BCUT2D eigenvalue weighted by Crippen LogP contribution is -2.56. The first kappa shape index (κ1) is 18.4. The van der Waals surface area contributed by atoms with Gasteiger partial charge >= 0.3 is 0 Å². The van der Waals surface area contributed by atoms with E-state index < -0.39 is 5.54 Å². The molecule has 0 radical (unpaired) electrons. The highest BCUT2D eigenvalue weighted by Crippen LogP contribution is 2.27. The maximum absolute atomic E-state index is 12.4. The van der Waals surface area contributed by atoms with E-state index in [1.54, 1.807) is 20.0 Å². The van der Waals surface area contributed by atoms with Crippen molar-refractivity contribution < 1.29 is 14.1 Å². The van der Waals surface area contributed by atoms with Crippen LogP contribution in [0, 0.1) is 6.92 Å². The van der Waals surface area contributed by atoms with E-state index in [1.807, 2.05) is 0 Å². The number of amides is 2. The minimum atomic E-state index is -0.822. The molecule has 0 bridgehead atoms. The number of carbonyl (C=O) groups is 2. The van der Waals surface area contributed by atoms with Gasteiger partial charge in [-0.1, -0.05) is 24.4 Å². The van der Waals surface area contributed by atoms with Gasteiger partial charge in [-0.3, -0.25) is 9.59 Å². The molecule has 7 nitrogen and oxygen atoms in total. The Hall–Kier alpha value is -1.60. The Kier molecular flexibility index (Phi) is 6.37. The summed E-state index contributed by atoms with van der Waals surface area (Å²) in [5.74, 6) is 0.462. The van der Waals surface area contributed by atoms with Gasteiger partial charge in [-0.15, -0.1) is 12.4 Å². The Morgan fingerprint density at radius 2 is 2.05 bits per heavy atom. The zero-order valence-corrected chi connectivity index (χ0v) is 13.7. The maximum atomic E-state index is 12.4. The summed E-state index contributed by atoms with van der Waals surface area (Å²) in [6.07, 6.45) is 4.39. The molecule has 1 aliphatic rings. The van der Waals surface area contributed by atoms with Crippen LogP contribution in [0.3, 0.4) is 0 Å². The van der Waals surface area contributed by atoms with Gasteiger partial charge in [0.1, 0.15) is 5.76 Å². The van der Waals surface area contributed by atoms with E-state index in [0.29, 0.717) is 24.4 Å². The molecule has 1 saturated carbocycles. The molecular weight excluding hydrogens is 308 g/mol. The van der Waals surface area contributed by atoms with Crippen LogP contribution in [0.2, 0.25) is 0 Å². The number of nitrogens with two attached hydrogens (primary N) is 1. The highest BCUT2D eigenvalue weighted by molar-refractivity contribution is 5.95. The van der Waals surface area contributed by atoms with Crippen molar-refractivity contribution in [2.24, 2.45) is 5.73 Å². The summed E-state index contributed by atoms with van der Waals surface area (Å²) in [5.41, 5.74) is 5.36. The summed E-state index contributed by atoms with van der Waals surface area (Å²) >= 11 is 0. The number of likely N-dealkylation sites (N-methyl/N-ethyl adjacent to an activating group) is 1. The zero-order chi connectivity index (χ0) is 15.5. The third-order valence-corrected chi connectivity index (χ3v) is 3.79. The van der Waals surface area contributed by atoms with E-state index in [1.165, 1.54) is 4.90 Å². The zero-order valence-electron chi connectivity index (χ0n) is 12.9. The predicted molar refractivity (Wildman–Crippen MR) is 84.8 cm³/mol. The average molecular weight is 331 g/mol. The van der Waals surface area contributed by atoms with Gasteiger partial charge in [0.15, 0.2) is 5.82 Å². The summed E-state index contributed by atoms with van der Waals surface area (Å²) in [5, 5.41) is 6.26. The normalized spacial score (nSPS) is 16.5. The van der Waals surface area contributed by atoms with E-state index in [4.69, 9.17) is 10.3 Å². The number of anilines is 1. The lowest BCUT2D eigenvalue weighted by molar-refractivity contribution is -0.139. The maximum Gasteiger partial charge on any atom is 0.245 e. The molecule has 8 heteroatoms. The van der Waals surface area contributed by atoms with Crippen molar-refractivity contribution in [2.75, 3.05) is 18.9 Å². The molecule has 2 amide bonds. The summed E-state index contributed by atoms with van der Waals surface area (Å²) in [7, 11) is 1.60. The molecule has 1 aromatic rings. The van der Waals surface area contributed by atoms with E-state index in [0.717, 1.165) is 19.3 Å². The van der Waals surface area contributed by atoms with Gasteiger partial charge in [0.2, 0.25) is 11.8 Å². The highest BCUT2D eigenvalue weighted by Gasteiger charge is 2.37. The first-order valence-electron chi connectivity index (χ1n) is 7.18. The second kappa shape index (κ2) is 7.60. The van der Waals surface area contributed by atoms with Crippen LogP contribution in [0.5, 0.6) is 0 Å². The van der Waals surface area contributed by atoms with Crippen LogP contribution < -0.4 is 11.1 Å². The summed E-state index contributed by atoms with van der Waals surface area (Å²) < 4.78 is 4.86. The van der Waals surface area contributed by atoms with E-state index in [2.05, 4.69) is 10.5 Å². The third-order valence-electron chi connectivity index (χ3n) is 3.79. The Balaban J connectivity index is 0.00000242. The average Bonchev–Trinajstić information content (AvgIpc) is 2.83. The third kappa shape index (κ3) is 4.45. The fraction of sp³-hybridized carbons (Fsp3) is 0.643. The molecule has 0 unspecified atom stereocenters. The van der Waals surface area contributed by atoms with Crippen molar-refractivity contribution in [1.82, 2.24) is 10.1 Å². The van der Waals surface area contributed by atoms with Gasteiger partial charge in [0.25, 0.3) is 0 Å². The fourth-order valence-electron chi connectivity index (χ4n) is 2.67. The number of aryl methyl sites for hydroxylation is 1. The molecular formula is C14H23ClN4O3. The Morgan fingerprint density at radius 3 is 2.59 bits per heavy atom. The fourth-order valence-corrected chi connectivity index (χ4v) is 2.67. The van der Waals surface area contributed by atoms with Gasteiger partial charge in [0.05, 0.1) is 12.1 Å². The van der Waals surface area contributed by atoms with E-state index >= 15 is 0 Å². The smallest absolute Gasteiger partial charge is 0.245 e. The number of rotatable bonds is 4. The first-order valence-corrected chi connectivity index (χ1v) is 7.18. The predicted octanol–water partition coefficient (Wildman–Crippen LogP) is 1.46. The quantitative estimate of drug-likeness (QED) is 0.870. The topological polar surface area (TPSA) is 101 Å². The summed E-state index contributed by atoms with van der Waals surface area (Å²) in [6.45, 7) is 1.68. The summed E-state index contributed by atoms with van der Waals surface area (Å²) in [4.78, 5) is 25.7. The molecule has 1 fully saturated rings. The summed E-state index contributed by atoms with van der Waals surface area (Å²) in [6, 6.07) is 1.62. The number of halogens is 1. The number of nitrogens with one attached hydrogen (secondary N) is 1. The second-order valence-corrected chi connectivity index (χ2v) is 5.75.